The van der Waals surface area contributed by atoms with Crippen molar-refractivity contribution < 1.29 is 13.2 Å². The van der Waals surface area contributed by atoms with Gasteiger partial charge in [-0.05, 0) is 19.9 Å². The van der Waals surface area contributed by atoms with Crippen LogP contribution in [-0.2, 0) is 14.8 Å². The lowest BCUT2D eigenvalue weighted by atomic mass is 10.3. The lowest BCUT2D eigenvalue weighted by Gasteiger charge is -2.27. The zero-order chi connectivity index (χ0) is 13.3. The van der Waals surface area contributed by atoms with Crippen molar-refractivity contribution in [3.63, 3.8) is 0 Å². The Labute approximate surface area is 106 Å². The van der Waals surface area contributed by atoms with E-state index in [2.05, 4.69) is 5.32 Å². The molecule has 17 heavy (non-hydrogen) atoms. The van der Waals surface area contributed by atoms with Gasteiger partial charge < -0.3 is 10.1 Å². The molecule has 5 nitrogen and oxygen atoms in total. The average molecular weight is 266 g/mol. The Hall–Kier alpha value is -0.170. The van der Waals surface area contributed by atoms with Gasteiger partial charge in [0, 0.05) is 26.2 Å². The largest absolute Gasteiger partial charge is 0.383 e. The smallest absolute Gasteiger partial charge is 0.215 e. The van der Waals surface area contributed by atoms with Crippen LogP contribution in [0.5, 0.6) is 0 Å². The van der Waals surface area contributed by atoms with E-state index in [1.54, 1.807) is 11.4 Å². The first-order valence-corrected chi connectivity index (χ1v) is 7.79. The molecular weight excluding hydrogens is 240 g/mol. The van der Waals surface area contributed by atoms with Gasteiger partial charge in [-0.3, -0.25) is 0 Å². The number of hydrogen-bond donors (Lipinski definition) is 1. The molecule has 0 amide bonds. The highest BCUT2D eigenvalue weighted by Gasteiger charge is 2.25. The second kappa shape index (κ2) is 8.85. The van der Waals surface area contributed by atoms with Crippen LogP contribution < -0.4 is 5.32 Å². The summed E-state index contributed by atoms with van der Waals surface area (Å²) in [6.07, 6.45) is 0.810. The van der Waals surface area contributed by atoms with Crippen molar-refractivity contribution >= 4 is 10.0 Å². The van der Waals surface area contributed by atoms with Crippen molar-refractivity contribution in [2.45, 2.75) is 33.2 Å². The molecule has 0 aromatic heterocycles. The number of sulfonamides is 1. The van der Waals surface area contributed by atoms with Crippen molar-refractivity contribution in [1.29, 1.82) is 0 Å². The third kappa shape index (κ3) is 6.35. The highest BCUT2D eigenvalue weighted by Crippen LogP contribution is 2.10. The van der Waals surface area contributed by atoms with E-state index in [0.29, 0.717) is 19.7 Å². The van der Waals surface area contributed by atoms with Crippen molar-refractivity contribution in [2.75, 3.05) is 39.1 Å². The SMILES string of the molecule is CCNCCS(=O)(=O)N(CCOC)C(C)CC. The fourth-order valence-electron chi connectivity index (χ4n) is 1.51. The number of methoxy groups -OCH3 is 1. The lowest BCUT2D eigenvalue weighted by molar-refractivity contribution is 0.167. The van der Waals surface area contributed by atoms with Crippen LogP contribution in [0, 0.1) is 0 Å². The Bertz CT molecular complexity index is 280. The van der Waals surface area contributed by atoms with E-state index in [1.807, 2.05) is 20.8 Å². The summed E-state index contributed by atoms with van der Waals surface area (Å²) in [5, 5.41) is 3.04. The van der Waals surface area contributed by atoms with E-state index < -0.39 is 10.0 Å². The van der Waals surface area contributed by atoms with E-state index in [9.17, 15) is 8.42 Å². The van der Waals surface area contributed by atoms with Gasteiger partial charge in [-0.1, -0.05) is 13.8 Å². The number of ether oxygens (including phenoxy) is 1. The van der Waals surface area contributed by atoms with Gasteiger partial charge in [0.1, 0.15) is 0 Å². The van der Waals surface area contributed by atoms with Crippen LogP contribution >= 0.6 is 0 Å². The molecule has 1 atom stereocenters. The number of rotatable bonds is 10. The molecule has 0 saturated carbocycles. The fraction of sp³-hybridized carbons (Fsp3) is 1.00. The minimum atomic E-state index is -3.19. The minimum absolute atomic E-state index is 0.0248. The summed E-state index contributed by atoms with van der Waals surface area (Å²) in [5.41, 5.74) is 0. The van der Waals surface area contributed by atoms with Gasteiger partial charge in [-0.2, -0.15) is 4.31 Å². The summed E-state index contributed by atoms with van der Waals surface area (Å²) >= 11 is 0. The van der Waals surface area contributed by atoms with E-state index in [0.717, 1.165) is 13.0 Å². The summed E-state index contributed by atoms with van der Waals surface area (Å²) in [5.74, 6) is 0.148. The van der Waals surface area contributed by atoms with E-state index in [1.165, 1.54) is 0 Å². The van der Waals surface area contributed by atoms with Crippen LogP contribution in [-0.4, -0.2) is 57.9 Å². The quantitative estimate of drug-likeness (QED) is 0.591. The predicted octanol–water partition coefficient (Wildman–Crippen LogP) is 0.673. The lowest BCUT2D eigenvalue weighted by Crippen LogP contribution is -2.43. The molecule has 1 N–H and O–H groups in total. The molecule has 0 fully saturated rings. The van der Waals surface area contributed by atoms with E-state index in [-0.39, 0.29) is 11.8 Å². The van der Waals surface area contributed by atoms with Crippen molar-refractivity contribution in [1.82, 2.24) is 9.62 Å². The van der Waals surface area contributed by atoms with Gasteiger partial charge in [-0.15, -0.1) is 0 Å². The van der Waals surface area contributed by atoms with Crippen molar-refractivity contribution in [2.24, 2.45) is 0 Å². The maximum absolute atomic E-state index is 12.1. The average Bonchev–Trinajstić information content (AvgIpc) is 2.29. The summed E-state index contributed by atoms with van der Waals surface area (Å²) in [7, 11) is -1.60. The van der Waals surface area contributed by atoms with Gasteiger partial charge in [0.05, 0.1) is 12.4 Å². The molecule has 0 aliphatic heterocycles. The second-order valence-electron chi connectivity index (χ2n) is 4.03. The number of nitrogens with one attached hydrogen (secondary N) is 1. The van der Waals surface area contributed by atoms with Gasteiger partial charge >= 0.3 is 0 Å². The van der Waals surface area contributed by atoms with Crippen molar-refractivity contribution in [3.05, 3.63) is 0 Å². The molecule has 0 aromatic rings. The molecular formula is C11H26N2O3S. The van der Waals surface area contributed by atoms with Crippen LogP contribution in [0.4, 0.5) is 0 Å². The van der Waals surface area contributed by atoms with E-state index in [4.69, 9.17) is 4.74 Å². The molecule has 104 valence electrons. The minimum Gasteiger partial charge on any atom is -0.383 e. The van der Waals surface area contributed by atoms with Gasteiger partial charge in [0.2, 0.25) is 10.0 Å². The molecule has 0 aromatic carbocycles. The molecule has 0 heterocycles. The summed E-state index contributed by atoms with van der Waals surface area (Å²) < 4.78 is 30.8. The normalized spacial score (nSPS) is 14.2. The van der Waals surface area contributed by atoms with Gasteiger partial charge in [0.15, 0.2) is 0 Å². The third-order valence-corrected chi connectivity index (χ3v) is 4.72. The molecule has 0 aliphatic rings. The van der Waals surface area contributed by atoms with Crippen LogP contribution in [0.3, 0.4) is 0 Å². The van der Waals surface area contributed by atoms with Crippen LogP contribution in [0.1, 0.15) is 27.2 Å². The summed E-state index contributed by atoms with van der Waals surface area (Å²) in [4.78, 5) is 0. The maximum atomic E-state index is 12.1. The Morgan fingerprint density at radius 1 is 1.35 bits per heavy atom. The van der Waals surface area contributed by atoms with Gasteiger partial charge in [-0.25, -0.2) is 8.42 Å². The Balaban J connectivity index is 4.53. The molecule has 0 rings (SSSR count). The van der Waals surface area contributed by atoms with Gasteiger partial charge in [0.25, 0.3) is 0 Å². The Morgan fingerprint density at radius 3 is 2.47 bits per heavy atom. The highest BCUT2D eigenvalue weighted by atomic mass is 32.2. The third-order valence-electron chi connectivity index (χ3n) is 2.74. The standard InChI is InChI=1S/C11H26N2O3S/c1-5-11(3)13(8-9-16-4)17(14,15)10-7-12-6-2/h11-12H,5-10H2,1-4H3. The van der Waals surface area contributed by atoms with Crippen molar-refractivity contribution in [3.8, 4) is 0 Å². The first-order chi connectivity index (χ1) is 7.99. The van der Waals surface area contributed by atoms with E-state index >= 15 is 0 Å². The molecule has 0 spiro atoms. The second-order valence-corrected chi connectivity index (χ2v) is 6.07. The summed E-state index contributed by atoms with van der Waals surface area (Å²) in [6, 6.07) is 0.0248. The molecule has 0 saturated heterocycles. The topological polar surface area (TPSA) is 58.6 Å². The first kappa shape index (κ1) is 16.8. The molecule has 1 unspecified atom stereocenters. The van der Waals surface area contributed by atoms with Crippen LogP contribution in [0.25, 0.3) is 0 Å². The molecule has 0 aliphatic carbocycles. The number of nitrogens with zero attached hydrogens (tertiary/aromatic N) is 1. The first-order valence-electron chi connectivity index (χ1n) is 6.18. The highest BCUT2D eigenvalue weighted by molar-refractivity contribution is 7.89. The zero-order valence-corrected chi connectivity index (χ0v) is 12.2. The van der Waals surface area contributed by atoms with Crippen LogP contribution in [0.15, 0.2) is 0 Å². The van der Waals surface area contributed by atoms with Crippen LogP contribution in [0.2, 0.25) is 0 Å². The molecule has 6 heteroatoms. The molecule has 0 radical (unpaired) electrons. The Kier molecular flexibility index (Phi) is 8.77. The monoisotopic (exact) mass is 266 g/mol. The zero-order valence-electron chi connectivity index (χ0n) is 11.4. The maximum Gasteiger partial charge on any atom is 0.215 e. The Morgan fingerprint density at radius 2 is 2.00 bits per heavy atom. The summed E-state index contributed by atoms with van der Waals surface area (Å²) in [6.45, 7) is 8.04. The predicted molar refractivity (Wildman–Crippen MR) is 70.7 cm³/mol. The molecule has 0 bridgehead atoms. The number of hydrogen-bond acceptors (Lipinski definition) is 4. The fourth-order valence-corrected chi connectivity index (χ4v) is 3.20.